The third-order valence-electron chi connectivity index (χ3n) is 4.16. The number of aryl methyl sites for hydroxylation is 1. The number of piperazine rings is 1. The number of nitrogens with one attached hydrogen (secondary N) is 1. The number of carbonyl (C=O) groups is 1. The highest BCUT2D eigenvalue weighted by Gasteiger charge is 2.32. The van der Waals surface area contributed by atoms with Gasteiger partial charge in [0, 0.05) is 38.8 Å². The number of amides is 2. The molecule has 122 valence electrons. The molecule has 2 aliphatic rings. The smallest absolute Gasteiger partial charge is 0.388 e. The van der Waals surface area contributed by atoms with Gasteiger partial charge in [0.25, 0.3) is 0 Å². The Bertz CT molecular complexity index is 551. The zero-order valence-corrected chi connectivity index (χ0v) is 12.3. The number of alkyl halides is 2. The molecule has 0 radical (unpaired) electrons. The van der Waals surface area contributed by atoms with Crippen LogP contribution in [0.4, 0.5) is 19.4 Å². The minimum Gasteiger partial charge on any atom is -0.417 e. The predicted octanol–water partition coefficient (Wildman–Crippen LogP) is 1.33. The number of rotatable bonds is 3. The molecular weight excluding hydrogens is 296 g/mol. The molecule has 2 aliphatic heterocycles. The molecule has 22 heavy (non-hydrogen) atoms. The first-order valence-electron chi connectivity index (χ1n) is 7.32. The van der Waals surface area contributed by atoms with Gasteiger partial charge in [0.2, 0.25) is 5.88 Å². The zero-order chi connectivity index (χ0) is 15.7. The van der Waals surface area contributed by atoms with Crippen LogP contribution in [0.3, 0.4) is 0 Å². The number of aromatic nitrogens is 2. The summed E-state index contributed by atoms with van der Waals surface area (Å²) in [5, 5.41) is 6.59. The van der Waals surface area contributed by atoms with E-state index >= 15 is 0 Å². The van der Waals surface area contributed by atoms with Gasteiger partial charge < -0.3 is 9.64 Å². The number of nitrogens with zero attached hydrogens (tertiary/aromatic N) is 4. The van der Waals surface area contributed by atoms with E-state index in [0.29, 0.717) is 19.1 Å². The number of carbonyl (C=O) groups excluding carboxylic acids is 1. The summed E-state index contributed by atoms with van der Waals surface area (Å²) in [5.41, 5.74) is 0. The normalized spacial score (nSPS) is 22.0. The fourth-order valence-corrected chi connectivity index (χ4v) is 3.08. The zero-order valence-electron chi connectivity index (χ0n) is 12.3. The second-order valence-electron chi connectivity index (χ2n) is 5.58. The van der Waals surface area contributed by atoms with E-state index in [2.05, 4.69) is 20.1 Å². The largest absolute Gasteiger partial charge is 0.417 e. The quantitative estimate of drug-likeness (QED) is 0.914. The van der Waals surface area contributed by atoms with Crippen molar-refractivity contribution in [3.63, 3.8) is 0 Å². The van der Waals surface area contributed by atoms with Gasteiger partial charge >= 0.3 is 12.6 Å². The number of fused-ring (bicyclic) bond motifs is 1. The van der Waals surface area contributed by atoms with Crippen LogP contribution in [0.25, 0.3) is 0 Å². The van der Waals surface area contributed by atoms with Gasteiger partial charge in [-0.25, -0.2) is 9.48 Å². The lowest BCUT2D eigenvalue weighted by Crippen LogP contribution is -2.53. The first-order chi connectivity index (χ1) is 10.5. The Morgan fingerprint density at radius 2 is 2.27 bits per heavy atom. The van der Waals surface area contributed by atoms with Crippen molar-refractivity contribution in [2.45, 2.75) is 25.5 Å². The molecule has 0 saturated carbocycles. The molecule has 2 fully saturated rings. The van der Waals surface area contributed by atoms with E-state index in [0.717, 1.165) is 24.2 Å². The monoisotopic (exact) mass is 315 g/mol. The topological polar surface area (TPSA) is 62.6 Å². The van der Waals surface area contributed by atoms with Crippen LogP contribution >= 0.6 is 0 Å². The van der Waals surface area contributed by atoms with Crippen LogP contribution in [0, 0.1) is 0 Å². The maximum atomic E-state index is 12.3. The van der Waals surface area contributed by atoms with Gasteiger partial charge in [0.05, 0.1) is 0 Å². The number of urea groups is 1. The molecule has 1 aromatic heterocycles. The molecule has 0 aromatic carbocycles. The number of hydrogen-bond donors (Lipinski definition) is 1. The third kappa shape index (κ3) is 3.13. The van der Waals surface area contributed by atoms with Crippen LogP contribution in [0.2, 0.25) is 0 Å². The van der Waals surface area contributed by atoms with Crippen molar-refractivity contribution in [3.8, 4) is 5.88 Å². The molecule has 2 saturated heterocycles. The number of halogens is 2. The Hall–Kier alpha value is -1.90. The van der Waals surface area contributed by atoms with E-state index in [1.807, 2.05) is 0 Å². The van der Waals surface area contributed by atoms with Crippen molar-refractivity contribution >= 4 is 11.8 Å². The van der Waals surface area contributed by atoms with Crippen molar-refractivity contribution in [1.82, 2.24) is 19.6 Å². The third-order valence-corrected chi connectivity index (χ3v) is 4.16. The van der Waals surface area contributed by atoms with Gasteiger partial charge in [-0.05, 0) is 19.4 Å². The Labute approximate surface area is 126 Å². The van der Waals surface area contributed by atoms with Crippen LogP contribution in [0.5, 0.6) is 5.88 Å². The molecule has 1 atom stereocenters. The van der Waals surface area contributed by atoms with E-state index in [1.54, 1.807) is 4.90 Å². The molecule has 2 amide bonds. The van der Waals surface area contributed by atoms with Crippen LogP contribution in [-0.2, 0) is 7.05 Å². The lowest BCUT2D eigenvalue weighted by atomic mass is 10.2. The lowest BCUT2D eigenvalue weighted by molar-refractivity contribution is -0.0553. The van der Waals surface area contributed by atoms with Crippen LogP contribution in [0.1, 0.15) is 12.8 Å². The summed E-state index contributed by atoms with van der Waals surface area (Å²) < 4.78 is 29.9. The van der Waals surface area contributed by atoms with Gasteiger partial charge in [0.15, 0.2) is 5.82 Å². The molecule has 1 unspecified atom stereocenters. The molecule has 3 heterocycles. The molecular formula is C13H19F2N5O2. The number of ether oxygens (including phenoxy) is 1. The molecule has 9 heteroatoms. The predicted molar refractivity (Wildman–Crippen MR) is 75.0 cm³/mol. The van der Waals surface area contributed by atoms with Crippen molar-refractivity contribution in [2.24, 2.45) is 7.05 Å². The first kappa shape index (κ1) is 15.0. The molecule has 0 bridgehead atoms. The van der Waals surface area contributed by atoms with Crippen LogP contribution in [0.15, 0.2) is 6.07 Å². The fraction of sp³-hybridized carbons (Fsp3) is 0.692. The minimum absolute atomic E-state index is 0.0917. The molecule has 0 aliphatic carbocycles. The van der Waals surface area contributed by atoms with Gasteiger partial charge in [0.1, 0.15) is 0 Å². The van der Waals surface area contributed by atoms with Crippen molar-refractivity contribution < 1.29 is 18.3 Å². The number of anilines is 1. The summed E-state index contributed by atoms with van der Waals surface area (Å²) in [6, 6.07) is 1.46. The molecule has 3 rings (SSSR count). The van der Waals surface area contributed by atoms with Crippen LogP contribution < -0.4 is 10.1 Å². The Morgan fingerprint density at radius 1 is 1.45 bits per heavy atom. The van der Waals surface area contributed by atoms with Gasteiger partial charge in [-0.1, -0.05) is 0 Å². The van der Waals surface area contributed by atoms with E-state index in [9.17, 15) is 13.6 Å². The van der Waals surface area contributed by atoms with Gasteiger partial charge in [-0.3, -0.25) is 10.2 Å². The summed E-state index contributed by atoms with van der Waals surface area (Å²) >= 11 is 0. The first-order valence-corrected chi connectivity index (χ1v) is 7.32. The molecule has 1 N–H and O–H groups in total. The van der Waals surface area contributed by atoms with Crippen molar-refractivity contribution in [1.29, 1.82) is 0 Å². The summed E-state index contributed by atoms with van der Waals surface area (Å²) in [4.78, 5) is 16.4. The van der Waals surface area contributed by atoms with Gasteiger partial charge in [-0.15, -0.1) is 0 Å². The van der Waals surface area contributed by atoms with Crippen molar-refractivity contribution in [2.75, 3.05) is 31.5 Å². The average molecular weight is 315 g/mol. The fourth-order valence-electron chi connectivity index (χ4n) is 3.08. The second kappa shape index (κ2) is 6.07. The maximum absolute atomic E-state index is 12.3. The van der Waals surface area contributed by atoms with Crippen molar-refractivity contribution in [3.05, 3.63) is 6.07 Å². The van der Waals surface area contributed by atoms with Gasteiger partial charge in [-0.2, -0.15) is 13.9 Å². The Balaban J connectivity index is 1.59. The lowest BCUT2D eigenvalue weighted by Gasteiger charge is -2.37. The second-order valence-corrected chi connectivity index (χ2v) is 5.58. The Kier molecular flexibility index (Phi) is 4.14. The highest BCUT2D eigenvalue weighted by molar-refractivity contribution is 5.88. The molecule has 0 spiro atoms. The summed E-state index contributed by atoms with van der Waals surface area (Å²) in [6.45, 7) is 0.415. The Morgan fingerprint density at radius 3 is 3.05 bits per heavy atom. The SMILES string of the molecule is Cn1nc(NC(=O)N2CCN3CCCC3C2)cc1OC(F)F. The summed E-state index contributed by atoms with van der Waals surface area (Å²) in [5.74, 6) is 0.114. The standard InChI is InChI=1S/C13H19F2N5O2/c1-18-11(22-12(14)15)7-10(17-18)16-13(21)20-6-5-19-4-2-3-9(19)8-20/h7,9,12H,2-6,8H2,1H3,(H,16,17,21). The average Bonchev–Trinajstić information content (AvgIpc) is 3.04. The van der Waals surface area contributed by atoms with E-state index < -0.39 is 6.61 Å². The summed E-state index contributed by atoms with van der Waals surface area (Å²) in [6.07, 6.45) is 2.29. The minimum atomic E-state index is -2.92. The van der Waals surface area contributed by atoms with E-state index in [-0.39, 0.29) is 17.7 Å². The molecule has 7 nitrogen and oxygen atoms in total. The maximum Gasteiger partial charge on any atom is 0.388 e. The van der Waals surface area contributed by atoms with E-state index in [4.69, 9.17) is 0 Å². The molecule has 1 aromatic rings. The number of hydrogen-bond acceptors (Lipinski definition) is 4. The summed E-state index contributed by atoms with van der Waals surface area (Å²) in [7, 11) is 1.48. The van der Waals surface area contributed by atoms with Crippen LogP contribution in [-0.4, -0.2) is 64.4 Å². The highest BCUT2D eigenvalue weighted by Crippen LogP contribution is 2.23. The highest BCUT2D eigenvalue weighted by atomic mass is 19.3. The van der Waals surface area contributed by atoms with E-state index in [1.165, 1.54) is 19.5 Å².